The summed E-state index contributed by atoms with van der Waals surface area (Å²) >= 11 is 0. The summed E-state index contributed by atoms with van der Waals surface area (Å²) in [7, 11) is 0. The molecule has 0 unspecified atom stereocenters. The Hall–Kier alpha value is -3.14. The number of H-pyrrole nitrogens is 1. The smallest absolute Gasteiger partial charge is 0.234 e. The maximum Gasteiger partial charge on any atom is 0.234 e. The highest BCUT2D eigenvalue weighted by molar-refractivity contribution is 5.53. The number of anilines is 3. The van der Waals surface area contributed by atoms with E-state index >= 15 is 0 Å². The first-order valence-corrected chi connectivity index (χ1v) is 9.75. The first-order chi connectivity index (χ1) is 14.2. The van der Waals surface area contributed by atoms with Crippen LogP contribution in [-0.4, -0.2) is 44.6 Å². The van der Waals surface area contributed by atoms with Crippen LogP contribution in [0.1, 0.15) is 44.1 Å². The SMILES string of the molecule is CC(C)Oc1cc(Nc2ccnc(NCc3cc(C4CCOCC4)no3)n2)[nH]n1. The maximum absolute atomic E-state index is 5.54. The van der Waals surface area contributed by atoms with Crippen molar-refractivity contribution in [2.24, 2.45) is 0 Å². The van der Waals surface area contributed by atoms with Crippen LogP contribution in [0.5, 0.6) is 5.88 Å². The van der Waals surface area contributed by atoms with E-state index in [1.54, 1.807) is 18.3 Å². The summed E-state index contributed by atoms with van der Waals surface area (Å²) in [6.07, 6.45) is 3.69. The van der Waals surface area contributed by atoms with Crippen LogP contribution < -0.4 is 15.4 Å². The van der Waals surface area contributed by atoms with Crippen molar-refractivity contribution in [1.29, 1.82) is 0 Å². The van der Waals surface area contributed by atoms with Crippen molar-refractivity contribution in [3.8, 4) is 5.88 Å². The molecule has 0 spiro atoms. The number of rotatable bonds is 8. The molecule has 1 aliphatic rings. The van der Waals surface area contributed by atoms with Gasteiger partial charge >= 0.3 is 0 Å². The second-order valence-electron chi connectivity index (χ2n) is 7.14. The molecule has 154 valence electrons. The number of ether oxygens (including phenoxy) is 2. The fourth-order valence-electron chi connectivity index (χ4n) is 3.08. The molecular weight excluding hydrogens is 374 g/mol. The number of hydrogen-bond acceptors (Lipinski definition) is 9. The van der Waals surface area contributed by atoms with Gasteiger partial charge in [-0.2, -0.15) is 4.98 Å². The highest BCUT2D eigenvalue weighted by Gasteiger charge is 2.19. The van der Waals surface area contributed by atoms with Crippen LogP contribution in [0.4, 0.5) is 17.6 Å². The van der Waals surface area contributed by atoms with Crippen LogP contribution in [-0.2, 0) is 11.3 Å². The summed E-state index contributed by atoms with van der Waals surface area (Å²) < 4.78 is 16.4. The van der Waals surface area contributed by atoms with Crippen molar-refractivity contribution in [2.45, 2.75) is 45.3 Å². The Labute approximate surface area is 168 Å². The van der Waals surface area contributed by atoms with Gasteiger partial charge in [0.2, 0.25) is 11.8 Å². The van der Waals surface area contributed by atoms with E-state index < -0.39 is 0 Å². The minimum Gasteiger partial charge on any atom is -0.474 e. The summed E-state index contributed by atoms with van der Waals surface area (Å²) in [5.74, 6) is 3.48. The van der Waals surface area contributed by atoms with Crippen molar-refractivity contribution in [1.82, 2.24) is 25.3 Å². The third kappa shape index (κ3) is 5.23. The third-order valence-electron chi connectivity index (χ3n) is 4.47. The summed E-state index contributed by atoms with van der Waals surface area (Å²) in [4.78, 5) is 8.70. The summed E-state index contributed by atoms with van der Waals surface area (Å²) in [6, 6.07) is 5.54. The molecule has 10 heteroatoms. The Morgan fingerprint density at radius 1 is 1.28 bits per heavy atom. The van der Waals surface area contributed by atoms with E-state index in [1.807, 2.05) is 19.9 Å². The van der Waals surface area contributed by atoms with Gasteiger partial charge in [-0.1, -0.05) is 5.16 Å². The van der Waals surface area contributed by atoms with Crippen LogP contribution in [0.2, 0.25) is 0 Å². The van der Waals surface area contributed by atoms with Gasteiger partial charge < -0.3 is 24.6 Å². The van der Waals surface area contributed by atoms with Crippen molar-refractivity contribution in [3.05, 3.63) is 35.9 Å². The zero-order valence-electron chi connectivity index (χ0n) is 16.5. The molecule has 1 fully saturated rings. The lowest BCUT2D eigenvalue weighted by Crippen LogP contribution is -2.14. The summed E-state index contributed by atoms with van der Waals surface area (Å²) in [5.41, 5.74) is 0.986. The summed E-state index contributed by atoms with van der Waals surface area (Å²) in [6.45, 7) is 5.91. The lowest BCUT2D eigenvalue weighted by atomic mass is 9.96. The molecule has 0 radical (unpaired) electrons. The molecule has 1 saturated heterocycles. The van der Waals surface area contributed by atoms with E-state index in [0.717, 1.165) is 37.5 Å². The average molecular weight is 399 g/mol. The number of nitrogens with one attached hydrogen (secondary N) is 3. The highest BCUT2D eigenvalue weighted by Crippen LogP contribution is 2.26. The molecule has 10 nitrogen and oxygen atoms in total. The van der Waals surface area contributed by atoms with E-state index in [2.05, 4.69) is 36.0 Å². The Balaban J connectivity index is 1.33. The van der Waals surface area contributed by atoms with Gasteiger partial charge in [-0.15, -0.1) is 5.10 Å². The van der Waals surface area contributed by atoms with Crippen LogP contribution >= 0.6 is 0 Å². The summed E-state index contributed by atoms with van der Waals surface area (Å²) in [5, 5.41) is 17.5. The molecule has 1 aliphatic heterocycles. The highest BCUT2D eigenvalue weighted by atomic mass is 16.5. The quantitative estimate of drug-likeness (QED) is 0.524. The van der Waals surface area contributed by atoms with E-state index in [1.165, 1.54) is 0 Å². The molecule has 0 atom stereocenters. The lowest BCUT2D eigenvalue weighted by molar-refractivity contribution is 0.0838. The molecule has 0 aromatic carbocycles. The van der Waals surface area contributed by atoms with Crippen LogP contribution in [0.25, 0.3) is 0 Å². The predicted octanol–water partition coefficient (Wildman–Crippen LogP) is 3.22. The molecule has 3 N–H and O–H groups in total. The number of nitrogens with zero attached hydrogens (tertiary/aromatic N) is 4. The first-order valence-electron chi connectivity index (χ1n) is 9.75. The second-order valence-corrected chi connectivity index (χ2v) is 7.14. The minimum atomic E-state index is 0.0593. The van der Waals surface area contributed by atoms with Crippen LogP contribution in [0.15, 0.2) is 28.9 Å². The van der Waals surface area contributed by atoms with E-state index in [9.17, 15) is 0 Å². The monoisotopic (exact) mass is 399 g/mol. The topological polar surface area (TPSA) is 123 Å². The molecule has 29 heavy (non-hydrogen) atoms. The molecule has 0 saturated carbocycles. The molecule has 4 heterocycles. The van der Waals surface area contributed by atoms with Crippen molar-refractivity contribution in [2.75, 3.05) is 23.8 Å². The number of hydrogen-bond donors (Lipinski definition) is 3. The average Bonchev–Trinajstić information content (AvgIpc) is 3.37. The normalized spacial score (nSPS) is 14.9. The van der Waals surface area contributed by atoms with Gasteiger partial charge in [0.25, 0.3) is 0 Å². The minimum absolute atomic E-state index is 0.0593. The van der Waals surface area contributed by atoms with Crippen molar-refractivity contribution in [3.63, 3.8) is 0 Å². The van der Waals surface area contributed by atoms with Crippen molar-refractivity contribution >= 4 is 17.6 Å². The molecule has 0 aliphatic carbocycles. The zero-order valence-corrected chi connectivity index (χ0v) is 16.5. The molecule has 3 aromatic rings. The first kappa shape index (κ1) is 19.2. The lowest BCUT2D eigenvalue weighted by Gasteiger charge is -2.19. The molecule has 0 amide bonds. The van der Waals surface area contributed by atoms with E-state index in [-0.39, 0.29) is 6.10 Å². The Morgan fingerprint density at radius 2 is 2.14 bits per heavy atom. The standard InChI is InChI=1S/C19H25N7O3/c1-12(2)28-18-10-17(24-25-18)22-16-3-6-20-19(23-16)21-11-14-9-15(26-29-14)13-4-7-27-8-5-13/h3,6,9-10,12-13H,4-5,7-8,11H2,1-2H3,(H3,20,21,22,23,24,25). The molecule has 3 aromatic heterocycles. The maximum atomic E-state index is 5.54. The number of aromatic amines is 1. The van der Waals surface area contributed by atoms with Gasteiger partial charge in [0, 0.05) is 37.5 Å². The van der Waals surface area contributed by atoms with Gasteiger partial charge in [-0.05, 0) is 32.8 Å². The van der Waals surface area contributed by atoms with E-state index in [0.29, 0.717) is 35.9 Å². The van der Waals surface area contributed by atoms with Crippen molar-refractivity contribution < 1.29 is 14.0 Å². The Bertz CT molecular complexity index is 918. The van der Waals surface area contributed by atoms with Gasteiger partial charge in [0.15, 0.2) is 5.76 Å². The Kier molecular flexibility index (Phi) is 5.89. The fourth-order valence-corrected chi connectivity index (χ4v) is 3.08. The number of aromatic nitrogens is 5. The van der Waals surface area contributed by atoms with Crippen LogP contribution in [0.3, 0.4) is 0 Å². The molecular formula is C19H25N7O3. The van der Waals surface area contributed by atoms with E-state index in [4.69, 9.17) is 14.0 Å². The molecule has 0 bridgehead atoms. The van der Waals surface area contributed by atoms with Gasteiger partial charge in [0.1, 0.15) is 11.6 Å². The zero-order chi connectivity index (χ0) is 20.1. The largest absolute Gasteiger partial charge is 0.474 e. The third-order valence-corrected chi connectivity index (χ3v) is 4.47. The van der Waals surface area contributed by atoms with Gasteiger partial charge in [-0.25, -0.2) is 4.98 Å². The van der Waals surface area contributed by atoms with Gasteiger partial charge in [0.05, 0.1) is 18.3 Å². The van der Waals surface area contributed by atoms with Gasteiger partial charge in [-0.3, -0.25) is 5.10 Å². The second kappa shape index (κ2) is 8.91. The fraction of sp³-hybridized carbons (Fsp3) is 0.474. The van der Waals surface area contributed by atoms with Crippen LogP contribution in [0, 0.1) is 0 Å². The molecule has 4 rings (SSSR count). The Morgan fingerprint density at radius 3 is 2.97 bits per heavy atom. The predicted molar refractivity (Wildman–Crippen MR) is 106 cm³/mol.